The molecular formula is C23H18ClF3N8O2S. The van der Waals surface area contributed by atoms with Gasteiger partial charge in [-0.2, -0.15) is 14.5 Å². The first-order valence-corrected chi connectivity index (χ1v) is 12.3. The Labute approximate surface area is 222 Å². The summed E-state index contributed by atoms with van der Waals surface area (Å²) in [6.45, 7) is 0.310. The van der Waals surface area contributed by atoms with Crippen LogP contribution in [0.2, 0.25) is 5.02 Å². The van der Waals surface area contributed by atoms with Crippen molar-refractivity contribution in [1.29, 1.82) is 0 Å². The number of tetrazole rings is 1. The van der Waals surface area contributed by atoms with E-state index in [1.165, 1.54) is 42.8 Å². The average molecular weight is 563 g/mol. The first kappa shape index (κ1) is 25.8. The van der Waals surface area contributed by atoms with Crippen molar-refractivity contribution in [1.82, 2.24) is 35.0 Å². The number of benzene rings is 1. The molecule has 0 saturated heterocycles. The van der Waals surface area contributed by atoms with E-state index >= 15 is 4.39 Å². The van der Waals surface area contributed by atoms with Crippen molar-refractivity contribution in [3.05, 3.63) is 82.1 Å². The highest BCUT2D eigenvalue weighted by molar-refractivity contribution is 7.15. The van der Waals surface area contributed by atoms with Crippen molar-refractivity contribution >= 4 is 22.9 Å². The van der Waals surface area contributed by atoms with Crippen molar-refractivity contribution in [2.45, 2.75) is 18.9 Å². The van der Waals surface area contributed by atoms with Gasteiger partial charge in [0.15, 0.2) is 17.0 Å². The van der Waals surface area contributed by atoms with Crippen LogP contribution in [0.5, 0.6) is 0 Å². The first-order valence-electron chi connectivity index (χ1n) is 11.1. The Morgan fingerprint density at radius 2 is 2.03 bits per heavy atom. The number of halogens is 4. The Balaban J connectivity index is 1.53. The Morgan fingerprint density at radius 1 is 1.18 bits per heavy atom. The Hall–Kier alpha value is -3.88. The fourth-order valence-electron chi connectivity index (χ4n) is 3.98. The second-order valence-corrected chi connectivity index (χ2v) is 9.52. The molecule has 38 heavy (non-hydrogen) atoms. The number of aromatic nitrogens is 8. The standard InChI is InChI=1S/C23H18ClF3N8O2S/c1-37-7-6-16(33-10-14(8-30-33)19-9-28-23(38-19)22(26)27)17-4-2-13(11-35(17)36)20-18(34-12-29-31-32-34)5-3-15(24)21(20)25/h2-5,8-12,16,22H,6-7H2,1H3/t16-/m1/s1. The number of alkyl halides is 2. The van der Waals surface area contributed by atoms with Crippen molar-refractivity contribution < 1.29 is 22.6 Å². The van der Waals surface area contributed by atoms with Crippen molar-refractivity contribution in [3.8, 4) is 27.3 Å². The van der Waals surface area contributed by atoms with Gasteiger partial charge in [0, 0.05) is 44.2 Å². The molecule has 196 valence electrons. The molecule has 0 bridgehead atoms. The van der Waals surface area contributed by atoms with Crippen LogP contribution in [0.3, 0.4) is 0 Å². The molecule has 0 saturated carbocycles. The third-order valence-corrected chi connectivity index (χ3v) is 7.10. The number of nitrogens with zero attached hydrogens (tertiary/aromatic N) is 8. The summed E-state index contributed by atoms with van der Waals surface area (Å²) in [5, 5.41) is 28.2. The molecule has 0 unspecified atom stereocenters. The van der Waals surface area contributed by atoms with Gasteiger partial charge in [-0.1, -0.05) is 11.6 Å². The van der Waals surface area contributed by atoms with E-state index in [4.69, 9.17) is 16.3 Å². The smallest absolute Gasteiger partial charge is 0.289 e. The maximum atomic E-state index is 15.2. The third kappa shape index (κ3) is 4.97. The van der Waals surface area contributed by atoms with Crippen LogP contribution in [0.1, 0.15) is 29.6 Å². The van der Waals surface area contributed by atoms with E-state index in [-0.39, 0.29) is 21.2 Å². The molecule has 15 heteroatoms. The van der Waals surface area contributed by atoms with Gasteiger partial charge in [-0.25, -0.2) is 18.2 Å². The van der Waals surface area contributed by atoms with Gasteiger partial charge in [0.25, 0.3) is 6.43 Å². The highest BCUT2D eigenvalue weighted by atomic mass is 35.5. The van der Waals surface area contributed by atoms with Crippen LogP contribution in [0, 0.1) is 11.0 Å². The summed E-state index contributed by atoms with van der Waals surface area (Å²) in [5.41, 5.74) is 1.49. The lowest BCUT2D eigenvalue weighted by Gasteiger charge is -2.18. The van der Waals surface area contributed by atoms with Gasteiger partial charge in [-0.05, 0) is 28.6 Å². The SMILES string of the molecule is COCC[C@H](c1ccc(-c2c(-n3cnnn3)ccc(Cl)c2F)c[n+]1[O-])n1cc(-c2cnc(C(F)F)s2)cn1. The minimum Gasteiger partial charge on any atom is -0.618 e. The lowest BCUT2D eigenvalue weighted by atomic mass is 10.0. The summed E-state index contributed by atoms with van der Waals surface area (Å²) in [6, 6.07) is 5.51. The molecule has 0 spiro atoms. The van der Waals surface area contributed by atoms with Crippen LogP contribution in [0.15, 0.2) is 55.4 Å². The molecule has 1 atom stereocenters. The summed E-state index contributed by atoms with van der Waals surface area (Å²) >= 11 is 6.91. The molecule has 5 aromatic rings. The normalized spacial score (nSPS) is 12.4. The molecule has 0 aliphatic carbocycles. The molecule has 0 amide bonds. The van der Waals surface area contributed by atoms with E-state index in [0.717, 1.165) is 11.3 Å². The number of rotatable bonds is 9. The maximum absolute atomic E-state index is 15.2. The topological polar surface area (TPSA) is 110 Å². The highest BCUT2D eigenvalue weighted by Crippen LogP contribution is 2.34. The summed E-state index contributed by atoms with van der Waals surface area (Å²) in [4.78, 5) is 4.27. The monoisotopic (exact) mass is 562 g/mol. The van der Waals surface area contributed by atoms with E-state index in [0.29, 0.717) is 39.6 Å². The fourth-order valence-corrected chi connectivity index (χ4v) is 4.88. The fraction of sp³-hybridized carbons (Fsp3) is 0.217. The van der Waals surface area contributed by atoms with E-state index in [2.05, 4.69) is 25.6 Å². The number of methoxy groups -OCH3 is 1. The van der Waals surface area contributed by atoms with Crippen molar-refractivity contribution in [2.75, 3.05) is 13.7 Å². The number of hydrogen-bond donors (Lipinski definition) is 0. The van der Waals surface area contributed by atoms with Crippen LogP contribution in [0.4, 0.5) is 13.2 Å². The average Bonchev–Trinajstić information content (AvgIpc) is 3.68. The zero-order valence-corrected chi connectivity index (χ0v) is 21.2. The molecule has 0 N–H and O–H groups in total. The van der Waals surface area contributed by atoms with E-state index in [9.17, 15) is 14.0 Å². The Morgan fingerprint density at radius 3 is 2.71 bits per heavy atom. The summed E-state index contributed by atoms with van der Waals surface area (Å²) in [7, 11) is 1.53. The van der Waals surface area contributed by atoms with Crippen LogP contribution >= 0.6 is 22.9 Å². The Bertz CT molecular complexity index is 1560. The number of pyridine rings is 1. The quantitative estimate of drug-likeness (QED) is 0.190. The molecule has 4 heterocycles. The van der Waals surface area contributed by atoms with Crippen LogP contribution in [-0.4, -0.2) is 48.7 Å². The maximum Gasteiger partial charge on any atom is 0.289 e. The summed E-state index contributed by atoms with van der Waals surface area (Å²) in [5.74, 6) is -0.729. The van der Waals surface area contributed by atoms with Crippen molar-refractivity contribution in [3.63, 3.8) is 0 Å². The second kappa shape index (κ2) is 10.8. The van der Waals surface area contributed by atoms with Gasteiger partial charge in [-0.3, -0.25) is 4.68 Å². The van der Waals surface area contributed by atoms with Gasteiger partial charge in [0.1, 0.15) is 12.4 Å². The molecule has 1 aromatic carbocycles. The molecule has 5 rings (SSSR count). The number of hydrogen-bond acceptors (Lipinski definition) is 8. The van der Waals surface area contributed by atoms with Gasteiger partial charge >= 0.3 is 0 Å². The zero-order chi connectivity index (χ0) is 26.8. The molecule has 4 aromatic heterocycles. The highest BCUT2D eigenvalue weighted by Gasteiger charge is 2.26. The minimum atomic E-state index is -2.66. The second-order valence-electron chi connectivity index (χ2n) is 8.05. The first-order chi connectivity index (χ1) is 18.4. The summed E-state index contributed by atoms with van der Waals surface area (Å²) in [6.07, 6.45) is 4.79. The predicted octanol–water partition coefficient (Wildman–Crippen LogP) is 4.64. The van der Waals surface area contributed by atoms with Crippen LogP contribution < -0.4 is 4.73 Å². The van der Waals surface area contributed by atoms with Gasteiger partial charge in [0.05, 0.1) is 32.9 Å². The van der Waals surface area contributed by atoms with E-state index in [1.54, 1.807) is 29.1 Å². The summed E-state index contributed by atoms with van der Waals surface area (Å²) < 4.78 is 49.8. The molecule has 0 aliphatic heterocycles. The Kier molecular flexibility index (Phi) is 7.35. The predicted molar refractivity (Wildman–Crippen MR) is 131 cm³/mol. The molecule has 0 fully saturated rings. The molecular weight excluding hydrogens is 545 g/mol. The van der Waals surface area contributed by atoms with Crippen LogP contribution in [-0.2, 0) is 4.74 Å². The number of thiazole rings is 1. The van der Waals surface area contributed by atoms with E-state index < -0.39 is 18.3 Å². The largest absolute Gasteiger partial charge is 0.618 e. The van der Waals surface area contributed by atoms with Crippen LogP contribution in [0.25, 0.3) is 27.3 Å². The molecule has 0 radical (unpaired) electrons. The lowest BCUT2D eigenvalue weighted by Crippen LogP contribution is -2.36. The third-order valence-electron chi connectivity index (χ3n) is 5.75. The number of ether oxygens (including phenoxy) is 1. The van der Waals surface area contributed by atoms with E-state index in [1.807, 2.05) is 0 Å². The molecule has 0 aliphatic rings. The van der Waals surface area contributed by atoms with Gasteiger partial charge in [-0.15, -0.1) is 16.4 Å². The zero-order valence-electron chi connectivity index (χ0n) is 19.6. The van der Waals surface area contributed by atoms with Gasteiger partial charge in [0.2, 0.25) is 5.69 Å². The van der Waals surface area contributed by atoms with Crippen molar-refractivity contribution in [2.24, 2.45) is 0 Å². The minimum absolute atomic E-state index is 0.0517. The molecule has 10 nitrogen and oxygen atoms in total. The lowest BCUT2D eigenvalue weighted by molar-refractivity contribution is -0.615. The van der Waals surface area contributed by atoms with Gasteiger partial charge < -0.3 is 9.94 Å².